The number of amides is 1. The molecule has 6 nitrogen and oxygen atoms in total. The normalized spacial score (nSPS) is 17.8. The molecule has 6 heteroatoms. The summed E-state index contributed by atoms with van der Waals surface area (Å²) < 4.78 is 11.1. The number of benzene rings is 1. The molecule has 0 bridgehead atoms. The highest BCUT2D eigenvalue weighted by Gasteiger charge is 2.22. The number of oxazole rings is 1. The van der Waals surface area contributed by atoms with Crippen LogP contribution in [-0.2, 0) is 9.53 Å². The van der Waals surface area contributed by atoms with Gasteiger partial charge in [0.1, 0.15) is 11.2 Å². The molecule has 1 aromatic carbocycles. The van der Waals surface area contributed by atoms with E-state index in [1.807, 2.05) is 30.3 Å². The molecule has 1 unspecified atom stereocenters. The van der Waals surface area contributed by atoms with Gasteiger partial charge in [0.05, 0.1) is 12.5 Å². The Morgan fingerprint density at radius 3 is 3.00 bits per heavy atom. The maximum absolute atomic E-state index is 12.3. The minimum atomic E-state index is -0.0896. The fourth-order valence-electron chi connectivity index (χ4n) is 2.79. The van der Waals surface area contributed by atoms with Gasteiger partial charge in [-0.15, -0.1) is 0 Å². The third-order valence-electron chi connectivity index (χ3n) is 4.07. The highest BCUT2D eigenvalue weighted by Crippen LogP contribution is 2.25. The number of pyridine rings is 1. The van der Waals surface area contributed by atoms with Crippen LogP contribution in [0.3, 0.4) is 0 Å². The van der Waals surface area contributed by atoms with Crippen molar-refractivity contribution in [3.05, 3.63) is 42.6 Å². The lowest BCUT2D eigenvalue weighted by molar-refractivity contribution is -0.123. The maximum atomic E-state index is 12.3. The molecule has 1 atom stereocenters. The van der Waals surface area contributed by atoms with Gasteiger partial charge in [-0.1, -0.05) is 6.07 Å². The summed E-state index contributed by atoms with van der Waals surface area (Å²) in [6.45, 7) is 1.23. The van der Waals surface area contributed by atoms with E-state index in [9.17, 15) is 4.79 Å². The second kappa shape index (κ2) is 6.41. The largest absolute Gasteiger partial charge is 0.435 e. The minimum absolute atomic E-state index is 0.0153. The molecule has 122 valence electrons. The van der Waals surface area contributed by atoms with E-state index < -0.39 is 0 Å². The van der Waals surface area contributed by atoms with E-state index in [1.54, 1.807) is 12.3 Å². The van der Waals surface area contributed by atoms with Crippen molar-refractivity contribution < 1.29 is 13.9 Å². The van der Waals surface area contributed by atoms with Gasteiger partial charge in [0.2, 0.25) is 11.8 Å². The number of fused-ring (bicyclic) bond motifs is 1. The molecule has 0 aliphatic carbocycles. The highest BCUT2D eigenvalue weighted by atomic mass is 16.5. The summed E-state index contributed by atoms with van der Waals surface area (Å²) in [7, 11) is 0. The summed E-state index contributed by atoms with van der Waals surface area (Å²) in [5, 5.41) is 2.93. The Kier molecular flexibility index (Phi) is 3.96. The van der Waals surface area contributed by atoms with Gasteiger partial charge in [0, 0.05) is 24.6 Å². The van der Waals surface area contributed by atoms with E-state index in [4.69, 9.17) is 9.15 Å². The van der Waals surface area contributed by atoms with E-state index in [0.29, 0.717) is 29.5 Å². The van der Waals surface area contributed by atoms with E-state index in [-0.39, 0.29) is 11.8 Å². The predicted molar refractivity (Wildman–Crippen MR) is 89.4 cm³/mol. The molecule has 3 heterocycles. The summed E-state index contributed by atoms with van der Waals surface area (Å²) in [5.74, 6) is 0.363. The molecule has 0 saturated carbocycles. The van der Waals surface area contributed by atoms with E-state index >= 15 is 0 Å². The summed E-state index contributed by atoms with van der Waals surface area (Å²) in [6.07, 6.45) is 3.48. The fraction of sp³-hybridized carbons (Fsp3) is 0.278. The van der Waals surface area contributed by atoms with E-state index in [0.717, 1.165) is 25.0 Å². The lowest BCUT2D eigenvalue weighted by Gasteiger charge is -2.21. The SMILES string of the molecule is O=C(Nc1ccc2nc(-c3ccccn3)oc2c1)C1CCCOC1. The Labute approximate surface area is 138 Å². The van der Waals surface area contributed by atoms with Crippen LogP contribution in [0.25, 0.3) is 22.7 Å². The minimum Gasteiger partial charge on any atom is -0.435 e. The Hall–Kier alpha value is -2.73. The Morgan fingerprint density at radius 2 is 2.21 bits per heavy atom. The van der Waals surface area contributed by atoms with Crippen molar-refractivity contribution in [1.82, 2.24) is 9.97 Å². The molecule has 3 aromatic rings. The molecule has 1 saturated heterocycles. The zero-order valence-electron chi connectivity index (χ0n) is 13.1. The first-order valence-electron chi connectivity index (χ1n) is 8.00. The van der Waals surface area contributed by atoms with Crippen LogP contribution in [0.4, 0.5) is 5.69 Å². The van der Waals surface area contributed by atoms with E-state index in [2.05, 4.69) is 15.3 Å². The van der Waals surface area contributed by atoms with Crippen LogP contribution >= 0.6 is 0 Å². The van der Waals surface area contributed by atoms with Gasteiger partial charge in [0.25, 0.3) is 0 Å². The second-order valence-electron chi connectivity index (χ2n) is 5.82. The maximum Gasteiger partial charge on any atom is 0.246 e. The van der Waals surface area contributed by atoms with Crippen LogP contribution in [0.1, 0.15) is 12.8 Å². The number of carbonyl (C=O) groups is 1. The smallest absolute Gasteiger partial charge is 0.246 e. The van der Waals surface area contributed by atoms with Gasteiger partial charge in [0.15, 0.2) is 5.58 Å². The Balaban J connectivity index is 1.56. The van der Waals surface area contributed by atoms with Gasteiger partial charge in [-0.05, 0) is 37.1 Å². The van der Waals surface area contributed by atoms with Crippen LogP contribution in [0.5, 0.6) is 0 Å². The van der Waals surface area contributed by atoms with Gasteiger partial charge < -0.3 is 14.5 Å². The second-order valence-corrected chi connectivity index (χ2v) is 5.82. The number of rotatable bonds is 3. The van der Waals surface area contributed by atoms with Crippen LogP contribution in [0.2, 0.25) is 0 Å². The molecular weight excluding hydrogens is 306 g/mol. The molecule has 1 aliphatic heterocycles. The lowest BCUT2D eigenvalue weighted by Crippen LogP contribution is -2.30. The number of nitrogens with zero attached hydrogens (tertiary/aromatic N) is 2. The molecule has 1 fully saturated rings. The molecule has 0 spiro atoms. The Morgan fingerprint density at radius 1 is 1.25 bits per heavy atom. The van der Waals surface area contributed by atoms with Gasteiger partial charge in [-0.25, -0.2) is 4.98 Å². The first-order valence-corrected chi connectivity index (χ1v) is 8.00. The predicted octanol–water partition coefficient (Wildman–Crippen LogP) is 3.25. The summed E-state index contributed by atoms with van der Waals surface area (Å²) in [6, 6.07) is 11.0. The average molecular weight is 323 g/mol. The van der Waals surface area contributed by atoms with Crippen molar-refractivity contribution in [2.24, 2.45) is 5.92 Å². The molecule has 1 aliphatic rings. The molecule has 24 heavy (non-hydrogen) atoms. The standard InChI is InChI=1S/C18H17N3O3/c22-17(12-4-3-9-23-11-12)20-13-6-7-14-16(10-13)24-18(21-14)15-5-1-2-8-19-15/h1-2,5-8,10,12H,3-4,9,11H2,(H,20,22). The monoisotopic (exact) mass is 323 g/mol. The van der Waals surface area contributed by atoms with Gasteiger partial charge in [-0.3, -0.25) is 9.78 Å². The quantitative estimate of drug-likeness (QED) is 0.800. The summed E-state index contributed by atoms with van der Waals surface area (Å²) in [4.78, 5) is 21.0. The topological polar surface area (TPSA) is 77.3 Å². The zero-order chi connectivity index (χ0) is 16.4. The molecule has 1 N–H and O–H groups in total. The van der Waals surface area contributed by atoms with Crippen molar-refractivity contribution in [2.45, 2.75) is 12.8 Å². The van der Waals surface area contributed by atoms with Crippen molar-refractivity contribution in [3.8, 4) is 11.6 Å². The van der Waals surface area contributed by atoms with Crippen molar-refractivity contribution in [1.29, 1.82) is 0 Å². The average Bonchev–Trinajstić information content (AvgIpc) is 3.06. The first kappa shape index (κ1) is 14.8. The lowest BCUT2D eigenvalue weighted by atomic mass is 10.0. The molecule has 1 amide bonds. The number of ether oxygens (including phenoxy) is 1. The fourth-order valence-corrected chi connectivity index (χ4v) is 2.79. The number of anilines is 1. The number of hydrogen-bond acceptors (Lipinski definition) is 5. The molecule has 4 rings (SSSR count). The Bertz CT molecular complexity index is 854. The number of aromatic nitrogens is 2. The van der Waals surface area contributed by atoms with Crippen LogP contribution < -0.4 is 5.32 Å². The van der Waals surface area contributed by atoms with Crippen LogP contribution in [0, 0.1) is 5.92 Å². The van der Waals surface area contributed by atoms with Crippen LogP contribution in [0.15, 0.2) is 47.0 Å². The van der Waals surface area contributed by atoms with E-state index in [1.165, 1.54) is 0 Å². The molecule has 0 radical (unpaired) electrons. The van der Waals surface area contributed by atoms with Gasteiger partial charge >= 0.3 is 0 Å². The first-order chi connectivity index (χ1) is 11.8. The third kappa shape index (κ3) is 3.00. The number of hydrogen-bond donors (Lipinski definition) is 1. The third-order valence-corrected chi connectivity index (χ3v) is 4.07. The summed E-state index contributed by atoms with van der Waals surface area (Å²) in [5.41, 5.74) is 2.73. The zero-order valence-corrected chi connectivity index (χ0v) is 13.1. The van der Waals surface area contributed by atoms with Crippen molar-refractivity contribution in [3.63, 3.8) is 0 Å². The van der Waals surface area contributed by atoms with Crippen LogP contribution in [-0.4, -0.2) is 29.1 Å². The van der Waals surface area contributed by atoms with Gasteiger partial charge in [-0.2, -0.15) is 0 Å². The number of carbonyl (C=O) groups excluding carboxylic acids is 1. The molecular formula is C18H17N3O3. The molecule has 2 aromatic heterocycles. The highest BCUT2D eigenvalue weighted by molar-refractivity contribution is 5.94. The van der Waals surface area contributed by atoms with Crippen molar-refractivity contribution >= 4 is 22.7 Å². The summed E-state index contributed by atoms with van der Waals surface area (Å²) >= 11 is 0. The number of nitrogens with one attached hydrogen (secondary N) is 1. The van der Waals surface area contributed by atoms with Crippen molar-refractivity contribution in [2.75, 3.05) is 18.5 Å².